The maximum Gasteiger partial charge on any atom is 0.118 e. The molecule has 0 radical (unpaired) electrons. The van der Waals surface area contributed by atoms with Crippen molar-refractivity contribution in [2.45, 2.75) is 13.5 Å². The Morgan fingerprint density at radius 3 is 2.62 bits per heavy atom. The van der Waals surface area contributed by atoms with Gasteiger partial charge in [-0.15, -0.1) is 0 Å². The summed E-state index contributed by atoms with van der Waals surface area (Å²) in [5.41, 5.74) is 4.58. The van der Waals surface area contributed by atoms with E-state index in [0.717, 1.165) is 28.9 Å². The number of aromatic nitrogens is 1. The second kappa shape index (κ2) is 5.83. The minimum Gasteiger partial charge on any atom is -0.497 e. The number of methoxy groups -OCH3 is 1. The summed E-state index contributed by atoms with van der Waals surface area (Å²) in [6, 6.07) is 16.4. The predicted octanol–water partition coefficient (Wildman–Crippen LogP) is 4.16. The van der Waals surface area contributed by atoms with Gasteiger partial charge >= 0.3 is 0 Å². The third kappa shape index (κ3) is 2.97. The minimum atomic E-state index is 0.775. The first-order valence-electron chi connectivity index (χ1n) is 6.98. The number of anilines is 1. The van der Waals surface area contributed by atoms with Gasteiger partial charge in [-0.25, -0.2) is 0 Å². The van der Waals surface area contributed by atoms with Gasteiger partial charge in [0, 0.05) is 23.8 Å². The molecule has 0 saturated carbocycles. The quantitative estimate of drug-likeness (QED) is 0.778. The summed E-state index contributed by atoms with van der Waals surface area (Å²) in [6.07, 6.45) is 1.84. The van der Waals surface area contributed by atoms with E-state index in [-0.39, 0.29) is 0 Å². The van der Waals surface area contributed by atoms with E-state index in [1.54, 1.807) is 7.11 Å². The van der Waals surface area contributed by atoms with Crippen molar-refractivity contribution in [1.82, 2.24) is 4.98 Å². The van der Waals surface area contributed by atoms with E-state index in [1.807, 2.05) is 24.4 Å². The normalized spacial score (nSPS) is 10.6. The number of hydrogen-bond donors (Lipinski definition) is 1. The Bertz CT molecular complexity index is 751. The number of rotatable bonds is 4. The molecule has 0 aliphatic carbocycles. The summed E-state index contributed by atoms with van der Waals surface area (Å²) in [7, 11) is 1.68. The predicted molar refractivity (Wildman–Crippen MR) is 86.8 cm³/mol. The van der Waals surface area contributed by atoms with Crippen LogP contribution >= 0.6 is 0 Å². The van der Waals surface area contributed by atoms with Crippen LogP contribution in [0.2, 0.25) is 0 Å². The van der Waals surface area contributed by atoms with Crippen molar-refractivity contribution in [3.05, 3.63) is 65.9 Å². The van der Waals surface area contributed by atoms with Crippen molar-refractivity contribution in [1.29, 1.82) is 0 Å². The zero-order valence-electron chi connectivity index (χ0n) is 12.3. The van der Waals surface area contributed by atoms with Crippen LogP contribution in [0.4, 0.5) is 5.69 Å². The number of ether oxygens (including phenoxy) is 1. The van der Waals surface area contributed by atoms with Gasteiger partial charge in [-0.1, -0.05) is 23.8 Å². The van der Waals surface area contributed by atoms with Gasteiger partial charge in [0.05, 0.1) is 12.6 Å². The average molecular weight is 278 g/mol. The Hall–Kier alpha value is -2.55. The van der Waals surface area contributed by atoms with Crippen LogP contribution in [0, 0.1) is 6.92 Å². The lowest BCUT2D eigenvalue weighted by Gasteiger charge is -2.10. The number of aryl methyl sites for hydroxylation is 1. The molecular weight excluding hydrogens is 260 g/mol. The molecular formula is C18H18N2O. The Balaban J connectivity index is 1.82. The number of fused-ring (bicyclic) bond motifs is 1. The van der Waals surface area contributed by atoms with Gasteiger partial charge in [-0.2, -0.15) is 0 Å². The molecule has 3 heteroatoms. The summed E-state index contributed by atoms with van der Waals surface area (Å²) in [6.45, 7) is 2.87. The van der Waals surface area contributed by atoms with Crippen LogP contribution in [-0.4, -0.2) is 12.1 Å². The van der Waals surface area contributed by atoms with Crippen molar-refractivity contribution < 1.29 is 4.74 Å². The maximum atomic E-state index is 5.17. The second-order valence-corrected chi connectivity index (χ2v) is 5.08. The second-order valence-electron chi connectivity index (χ2n) is 5.08. The SMILES string of the molecule is COc1ccc(CNc2ccnc3ccc(C)cc23)cc1. The van der Waals surface area contributed by atoms with Crippen LogP contribution in [0.3, 0.4) is 0 Å². The molecule has 0 unspecified atom stereocenters. The molecule has 0 fully saturated rings. The van der Waals surface area contributed by atoms with Gasteiger partial charge in [-0.05, 0) is 42.8 Å². The van der Waals surface area contributed by atoms with Crippen molar-refractivity contribution in [2.75, 3.05) is 12.4 Å². The first-order valence-corrected chi connectivity index (χ1v) is 6.98. The number of hydrogen-bond acceptors (Lipinski definition) is 3. The zero-order valence-corrected chi connectivity index (χ0v) is 12.3. The molecule has 0 saturated heterocycles. The topological polar surface area (TPSA) is 34.1 Å². The van der Waals surface area contributed by atoms with Crippen molar-refractivity contribution in [2.24, 2.45) is 0 Å². The lowest BCUT2D eigenvalue weighted by atomic mass is 10.1. The van der Waals surface area contributed by atoms with Gasteiger partial charge in [0.2, 0.25) is 0 Å². The molecule has 2 aromatic carbocycles. The Morgan fingerprint density at radius 1 is 1.05 bits per heavy atom. The maximum absolute atomic E-state index is 5.17. The molecule has 0 bridgehead atoms. The molecule has 3 nitrogen and oxygen atoms in total. The monoisotopic (exact) mass is 278 g/mol. The summed E-state index contributed by atoms with van der Waals surface area (Å²) in [5, 5.41) is 4.65. The van der Waals surface area contributed by atoms with Gasteiger partial charge < -0.3 is 10.1 Å². The average Bonchev–Trinajstić information content (AvgIpc) is 2.53. The van der Waals surface area contributed by atoms with E-state index in [2.05, 4.69) is 47.6 Å². The smallest absolute Gasteiger partial charge is 0.118 e. The molecule has 1 heterocycles. The van der Waals surface area contributed by atoms with E-state index in [4.69, 9.17) is 4.74 Å². The molecule has 0 spiro atoms. The zero-order chi connectivity index (χ0) is 14.7. The van der Waals surface area contributed by atoms with E-state index >= 15 is 0 Å². The van der Waals surface area contributed by atoms with Gasteiger partial charge in [0.25, 0.3) is 0 Å². The van der Waals surface area contributed by atoms with Gasteiger partial charge in [0.1, 0.15) is 5.75 Å². The number of pyridine rings is 1. The highest BCUT2D eigenvalue weighted by atomic mass is 16.5. The Labute approximate surface area is 124 Å². The summed E-state index contributed by atoms with van der Waals surface area (Å²) in [5.74, 6) is 0.878. The fourth-order valence-corrected chi connectivity index (χ4v) is 2.35. The van der Waals surface area contributed by atoms with Crippen LogP contribution < -0.4 is 10.1 Å². The molecule has 0 amide bonds. The molecule has 3 rings (SSSR count). The molecule has 0 aliphatic heterocycles. The van der Waals surface area contributed by atoms with Crippen molar-refractivity contribution in [3.63, 3.8) is 0 Å². The summed E-state index contributed by atoms with van der Waals surface area (Å²) >= 11 is 0. The van der Waals surface area contributed by atoms with E-state index in [0.29, 0.717) is 0 Å². The van der Waals surface area contributed by atoms with Crippen LogP contribution in [0.25, 0.3) is 10.9 Å². The standard InChI is InChI=1S/C18H18N2O/c1-13-3-8-17-16(11-13)18(9-10-19-17)20-12-14-4-6-15(21-2)7-5-14/h3-11H,12H2,1-2H3,(H,19,20). The third-order valence-corrected chi connectivity index (χ3v) is 3.54. The fourth-order valence-electron chi connectivity index (χ4n) is 2.35. The summed E-state index contributed by atoms with van der Waals surface area (Å²) < 4.78 is 5.17. The molecule has 21 heavy (non-hydrogen) atoms. The van der Waals surface area contributed by atoms with Crippen molar-refractivity contribution in [3.8, 4) is 5.75 Å². The lowest BCUT2D eigenvalue weighted by Crippen LogP contribution is -2.00. The highest BCUT2D eigenvalue weighted by Gasteiger charge is 2.02. The minimum absolute atomic E-state index is 0.775. The fraction of sp³-hybridized carbons (Fsp3) is 0.167. The molecule has 0 atom stereocenters. The van der Waals surface area contributed by atoms with E-state index < -0.39 is 0 Å². The van der Waals surface area contributed by atoms with Gasteiger partial charge in [0.15, 0.2) is 0 Å². The van der Waals surface area contributed by atoms with E-state index in [1.165, 1.54) is 11.1 Å². The lowest BCUT2D eigenvalue weighted by molar-refractivity contribution is 0.414. The molecule has 0 aliphatic rings. The number of nitrogens with one attached hydrogen (secondary N) is 1. The molecule has 3 aromatic rings. The highest BCUT2D eigenvalue weighted by molar-refractivity contribution is 5.91. The first kappa shape index (κ1) is 13.4. The molecule has 1 N–H and O–H groups in total. The number of nitrogens with zero attached hydrogens (tertiary/aromatic N) is 1. The number of benzene rings is 2. The van der Waals surface area contributed by atoms with Crippen LogP contribution in [0.1, 0.15) is 11.1 Å². The first-order chi connectivity index (χ1) is 10.3. The van der Waals surface area contributed by atoms with Gasteiger partial charge in [-0.3, -0.25) is 4.98 Å². The van der Waals surface area contributed by atoms with Crippen LogP contribution in [-0.2, 0) is 6.54 Å². The Morgan fingerprint density at radius 2 is 1.86 bits per heavy atom. The highest BCUT2D eigenvalue weighted by Crippen LogP contribution is 2.23. The Kier molecular flexibility index (Phi) is 3.73. The van der Waals surface area contributed by atoms with Crippen LogP contribution in [0.5, 0.6) is 5.75 Å². The largest absolute Gasteiger partial charge is 0.497 e. The van der Waals surface area contributed by atoms with E-state index in [9.17, 15) is 0 Å². The summed E-state index contributed by atoms with van der Waals surface area (Å²) in [4.78, 5) is 4.40. The molecule has 106 valence electrons. The third-order valence-electron chi connectivity index (χ3n) is 3.54. The van der Waals surface area contributed by atoms with Crippen LogP contribution in [0.15, 0.2) is 54.7 Å². The van der Waals surface area contributed by atoms with Crippen molar-refractivity contribution >= 4 is 16.6 Å². The molecule has 1 aromatic heterocycles.